The molecule has 2 aromatic rings. The zero-order valence-corrected chi connectivity index (χ0v) is 9.48. The van der Waals surface area contributed by atoms with Gasteiger partial charge in [-0.3, -0.25) is 4.79 Å². The van der Waals surface area contributed by atoms with Crippen molar-refractivity contribution in [3.05, 3.63) is 52.0 Å². The van der Waals surface area contributed by atoms with Crippen LogP contribution < -0.4 is 5.32 Å². The highest BCUT2D eigenvalue weighted by Gasteiger charge is 2.09. The zero-order chi connectivity index (χ0) is 11.5. The average molecular weight is 235 g/mol. The molecule has 0 spiro atoms. The Morgan fingerprint density at radius 1 is 1.31 bits per heavy atom. The normalized spacial score (nSPS) is 10.1. The van der Waals surface area contributed by atoms with Crippen molar-refractivity contribution >= 4 is 22.9 Å². The summed E-state index contributed by atoms with van der Waals surface area (Å²) in [5.74, 6) is -0.521. The van der Waals surface area contributed by atoms with Gasteiger partial charge in [-0.25, -0.2) is 4.39 Å². The smallest absolute Gasteiger partial charge is 0.265 e. The lowest BCUT2D eigenvalue weighted by molar-refractivity contribution is 0.103. The van der Waals surface area contributed by atoms with Crippen LogP contribution in [0.2, 0.25) is 0 Å². The Morgan fingerprint density at radius 3 is 2.81 bits per heavy atom. The predicted octanol–water partition coefficient (Wildman–Crippen LogP) is 3.45. The average Bonchev–Trinajstić information content (AvgIpc) is 2.78. The number of nitrogens with one attached hydrogen (secondary N) is 1. The molecule has 0 aliphatic carbocycles. The van der Waals surface area contributed by atoms with Crippen molar-refractivity contribution in [3.8, 4) is 0 Å². The van der Waals surface area contributed by atoms with Crippen LogP contribution in [0.4, 0.5) is 10.1 Å². The lowest BCUT2D eigenvalue weighted by Crippen LogP contribution is -2.11. The second-order valence-corrected chi connectivity index (χ2v) is 4.29. The van der Waals surface area contributed by atoms with E-state index in [2.05, 4.69) is 5.32 Å². The van der Waals surface area contributed by atoms with Gasteiger partial charge in [0.2, 0.25) is 0 Å². The molecule has 1 heterocycles. The first-order valence-corrected chi connectivity index (χ1v) is 5.66. The summed E-state index contributed by atoms with van der Waals surface area (Å²) in [6.07, 6.45) is 0. The van der Waals surface area contributed by atoms with E-state index in [-0.39, 0.29) is 11.7 Å². The number of benzene rings is 1. The van der Waals surface area contributed by atoms with Gasteiger partial charge < -0.3 is 5.32 Å². The van der Waals surface area contributed by atoms with Crippen LogP contribution in [0.5, 0.6) is 0 Å². The van der Waals surface area contributed by atoms with Gasteiger partial charge >= 0.3 is 0 Å². The van der Waals surface area contributed by atoms with E-state index >= 15 is 0 Å². The maximum atomic E-state index is 13.2. The lowest BCUT2D eigenvalue weighted by atomic mass is 10.2. The standard InChI is InChI=1S/C12H10FNOS/c1-8-9(13)4-2-5-10(8)14-12(15)11-6-3-7-16-11/h2-7H,1H3,(H,14,15). The Kier molecular flexibility index (Phi) is 3.01. The summed E-state index contributed by atoms with van der Waals surface area (Å²) in [5, 5.41) is 4.51. The number of anilines is 1. The third-order valence-corrected chi connectivity index (χ3v) is 3.13. The Labute approximate surface area is 96.7 Å². The second kappa shape index (κ2) is 4.45. The van der Waals surface area contributed by atoms with Crippen molar-refractivity contribution in [1.82, 2.24) is 0 Å². The number of halogens is 1. The predicted molar refractivity (Wildman–Crippen MR) is 63.4 cm³/mol. The molecule has 1 N–H and O–H groups in total. The summed E-state index contributed by atoms with van der Waals surface area (Å²) in [6.45, 7) is 1.64. The lowest BCUT2D eigenvalue weighted by Gasteiger charge is -2.07. The Hall–Kier alpha value is -1.68. The number of carbonyl (C=O) groups excluding carboxylic acids is 1. The molecule has 82 valence electrons. The van der Waals surface area contributed by atoms with Crippen molar-refractivity contribution in [2.24, 2.45) is 0 Å². The quantitative estimate of drug-likeness (QED) is 0.848. The van der Waals surface area contributed by atoms with Crippen LogP contribution in [0.3, 0.4) is 0 Å². The zero-order valence-electron chi connectivity index (χ0n) is 8.66. The Bertz CT molecular complexity index is 508. The topological polar surface area (TPSA) is 29.1 Å². The van der Waals surface area contributed by atoms with Crippen LogP contribution in [0.1, 0.15) is 15.2 Å². The molecule has 2 rings (SSSR count). The summed E-state index contributed by atoms with van der Waals surface area (Å²) in [5.41, 5.74) is 0.964. The second-order valence-electron chi connectivity index (χ2n) is 3.34. The first-order valence-electron chi connectivity index (χ1n) is 4.78. The fraction of sp³-hybridized carbons (Fsp3) is 0.0833. The van der Waals surface area contributed by atoms with Crippen LogP contribution in [-0.4, -0.2) is 5.91 Å². The number of thiophene rings is 1. The molecule has 0 fully saturated rings. The molecule has 0 aliphatic heterocycles. The summed E-state index contributed by atoms with van der Waals surface area (Å²) >= 11 is 1.35. The van der Waals surface area contributed by atoms with Gasteiger partial charge in [-0.2, -0.15) is 0 Å². The molecule has 1 aromatic carbocycles. The summed E-state index contributed by atoms with van der Waals surface area (Å²) in [6, 6.07) is 8.17. The van der Waals surface area contributed by atoms with Gasteiger partial charge in [0.05, 0.1) is 4.88 Å². The van der Waals surface area contributed by atoms with Crippen molar-refractivity contribution in [1.29, 1.82) is 0 Å². The summed E-state index contributed by atoms with van der Waals surface area (Å²) in [7, 11) is 0. The van der Waals surface area contributed by atoms with E-state index in [1.54, 1.807) is 31.2 Å². The van der Waals surface area contributed by atoms with Crippen molar-refractivity contribution in [3.63, 3.8) is 0 Å². The van der Waals surface area contributed by atoms with E-state index in [1.807, 2.05) is 5.38 Å². The number of hydrogen-bond donors (Lipinski definition) is 1. The molecule has 0 radical (unpaired) electrons. The van der Waals surface area contributed by atoms with Crippen LogP contribution in [-0.2, 0) is 0 Å². The molecular weight excluding hydrogens is 225 g/mol. The van der Waals surface area contributed by atoms with Crippen LogP contribution in [0, 0.1) is 12.7 Å². The van der Waals surface area contributed by atoms with E-state index < -0.39 is 0 Å². The first kappa shape index (κ1) is 10.8. The maximum Gasteiger partial charge on any atom is 0.265 e. The van der Waals surface area contributed by atoms with Gasteiger partial charge in [0.1, 0.15) is 5.82 Å². The molecule has 0 saturated heterocycles. The van der Waals surface area contributed by atoms with Gasteiger partial charge in [0, 0.05) is 11.3 Å². The third-order valence-electron chi connectivity index (χ3n) is 2.26. The molecular formula is C12H10FNOS. The van der Waals surface area contributed by atoms with Gasteiger partial charge in [0.25, 0.3) is 5.91 Å². The minimum Gasteiger partial charge on any atom is -0.321 e. The molecule has 4 heteroatoms. The molecule has 16 heavy (non-hydrogen) atoms. The van der Waals surface area contributed by atoms with Gasteiger partial charge in [-0.05, 0) is 30.5 Å². The SMILES string of the molecule is Cc1c(F)cccc1NC(=O)c1cccs1. The Morgan fingerprint density at radius 2 is 2.12 bits per heavy atom. The highest BCUT2D eigenvalue weighted by atomic mass is 32.1. The third kappa shape index (κ3) is 2.12. The van der Waals surface area contributed by atoms with Crippen LogP contribution in [0.15, 0.2) is 35.7 Å². The van der Waals surface area contributed by atoms with Gasteiger partial charge in [0.15, 0.2) is 0 Å². The van der Waals surface area contributed by atoms with E-state index in [0.29, 0.717) is 16.1 Å². The van der Waals surface area contributed by atoms with E-state index in [0.717, 1.165) is 0 Å². The first-order chi connectivity index (χ1) is 7.68. The molecule has 0 bridgehead atoms. The van der Waals surface area contributed by atoms with Gasteiger partial charge in [-0.15, -0.1) is 11.3 Å². The monoisotopic (exact) mass is 235 g/mol. The highest BCUT2D eigenvalue weighted by molar-refractivity contribution is 7.12. The fourth-order valence-corrected chi connectivity index (χ4v) is 1.95. The largest absolute Gasteiger partial charge is 0.321 e. The van der Waals surface area contributed by atoms with E-state index in [1.165, 1.54) is 17.4 Å². The van der Waals surface area contributed by atoms with Crippen molar-refractivity contribution in [2.45, 2.75) is 6.92 Å². The molecule has 0 atom stereocenters. The van der Waals surface area contributed by atoms with Crippen LogP contribution in [0.25, 0.3) is 0 Å². The summed E-state index contributed by atoms with van der Waals surface area (Å²) < 4.78 is 13.2. The summed E-state index contributed by atoms with van der Waals surface area (Å²) in [4.78, 5) is 12.3. The number of carbonyl (C=O) groups is 1. The maximum absolute atomic E-state index is 13.2. The highest BCUT2D eigenvalue weighted by Crippen LogP contribution is 2.19. The molecule has 1 amide bonds. The van der Waals surface area contributed by atoms with Crippen LogP contribution >= 0.6 is 11.3 Å². The molecule has 2 nitrogen and oxygen atoms in total. The minimum atomic E-state index is -0.316. The molecule has 0 aliphatic rings. The van der Waals surface area contributed by atoms with E-state index in [9.17, 15) is 9.18 Å². The number of amides is 1. The van der Waals surface area contributed by atoms with Gasteiger partial charge in [-0.1, -0.05) is 12.1 Å². The molecule has 1 aromatic heterocycles. The Balaban J connectivity index is 2.22. The minimum absolute atomic E-state index is 0.205. The number of rotatable bonds is 2. The fourth-order valence-electron chi connectivity index (χ4n) is 1.33. The molecule has 0 unspecified atom stereocenters. The van der Waals surface area contributed by atoms with E-state index in [4.69, 9.17) is 0 Å². The van der Waals surface area contributed by atoms with Crippen molar-refractivity contribution < 1.29 is 9.18 Å². The van der Waals surface area contributed by atoms with Crippen molar-refractivity contribution in [2.75, 3.05) is 5.32 Å². The molecule has 0 saturated carbocycles. The number of hydrogen-bond acceptors (Lipinski definition) is 2.